The van der Waals surface area contributed by atoms with Gasteiger partial charge in [-0.15, -0.1) is 0 Å². The molecule has 0 saturated carbocycles. The van der Waals surface area contributed by atoms with Crippen LogP contribution in [0.25, 0.3) is 11.1 Å². The first kappa shape index (κ1) is 16.1. The molecule has 5 heteroatoms. The first-order chi connectivity index (χ1) is 10.3. The van der Waals surface area contributed by atoms with Gasteiger partial charge < -0.3 is 15.0 Å². The standard InChI is InChI=1S/C17H21FN2O2/c1-10(2)20(11(3)4)15-9-14(16(19-15)17(21)22)12-5-7-13(18)8-6-12/h5-11,19H,1-4H3,(H,21,22). The molecule has 2 aromatic rings. The second kappa shape index (κ2) is 6.22. The van der Waals surface area contributed by atoms with Gasteiger partial charge in [0.1, 0.15) is 17.3 Å². The smallest absolute Gasteiger partial charge is 0.353 e. The molecule has 0 saturated heterocycles. The first-order valence-corrected chi connectivity index (χ1v) is 7.31. The fourth-order valence-electron chi connectivity index (χ4n) is 2.76. The van der Waals surface area contributed by atoms with Gasteiger partial charge in [0.15, 0.2) is 0 Å². The van der Waals surface area contributed by atoms with E-state index < -0.39 is 5.97 Å². The predicted molar refractivity (Wildman–Crippen MR) is 85.9 cm³/mol. The number of benzene rings is 1. The highest BCUT2D eigenvalue weighted by Gasteiger charge is 2.22. The highest BCUT2D eigenvalue weighted by Crippen LogP contribution is 2.30. The number of halogens is 1. The van der Waals surface area contributed by atoms with Gasteiger partial charge in [0.2, 0.25) is 0 Å². The van der Waals surface area contributed by atoms with Gasteiger partial charge in [-0.2, -0.15) is 0 Å². The lowest BCUT2D eigenvalue weighted by Gasteiger charge is -2.31. The molecule has 118 valence electrons. The Bertz CT molecular complexity index is 652. The molecule has 2 N–H and O–H groups in total. The number of H-pyrrole nitrogens is 1. The Kier molecular flexibility index (Phi) is 4.54. The van der Waals surface area contributed by atoms with Gasteiger partial charge in [0.25, 0.3) is 0 Å². The van der Waals surface area contributed by atoms with E-state index in [1.54, 1.807) is 12.1 Å². The van der Waals surface area contributed by atoms with Crippen LogP contribution in [0.5, 0.6) is 0 Å². The van der Waals surface area contributed by atoms with Gasteiger partial charge in [0.05, 0.1) is 0 Å². The summed E-state index contributed by atoms with van der Waals surface area (Å²) in [6, 6.07) is 8.10. The lowest BCUT2D eigenvalue weighted by atomic mass is 10.1. The van der Waals surface area contributed by atoms with Crippen molar-refractivity contribution in [2.45, 2.75) is 39.8 Å². The van der Waals surface area contributed by atoms with E-state index in [2.05, 4.69) is 37.6 Å². The van der Waals surface area contributed by atoms with Crippen molar-refractivity contribution < 1.29 is 14.3 Å². The lowest BCUT2D eigenvalue weighted by Crippen LogP contribution is -2.37. The van der Waals surface area contributed by atoms with Crippen LogP contribution in [0.15, 0.2) is 30.3 Å². The van der Waals surface area contributed by atoms with Gasteiger partial charge >= 0.3 is 5.97 Å². The molecule has 0 aliphatic carbocycles. The molecule has 0 fully saturated rings. The number of nitrogens with zero attached hydrogens (tertiary/aromatic N) is 1. The second-order valence-electron chi connectivity index (χ2n) is 5.85. The van der Waals surface area contributed by atoms with E-state index in [1.807, 2.05) is 6.07 Å². The van der Waals surface area contributed by atoms with Gasteiger partial charge in [-0.3, -0.25) is 0 Å². The summed E-state index contributed by atoms with van der Waals surface area (Å²) in [7, 11) is 0. The van der Waals surface area contributed by atoms with Crippen LogP contribution in [0, 0.1) is 5.82 Å². The van der Waals surface area contributed by atoms with E-state index in [-0.39, 0.29) is 23.6 Å². The van der Waals surface area contributed by atoms with E-state index in [1.165, 1.54) is 12.1 Å². The van der Waals surface area contributed by atoms with Crippen LogP contribution in [-0.2, 0) is 0 Å². The van der Waals surface area contributed by atoms with Crippen molar-refractivity contribution in [3.8, 4) is 11.1 Å². The molecular formula is C17H21FN2O2. The monoisotopic (exact) mass is 304 g/mol. The van der Waals surface area contributed by atoms with Crippen LogP contribution < -0.4 is 4.90 Å². The molecule has 0 aliphatic rings. The summed E-state index contributed by atoms with van der Waals surface area (Å²) < 4.78 is 13.1. The van der Waals surface area contributed by atoms with E-state index in [9.17, 15) is 14.3 Å². The highest BCUT2D eigenvalue weighted by atomic mass is 19.1. The third-order valence-electron chi connectivity index (χ3n) is 3.56. The molecule has 0 spiro atoms. The third kappa shape index (κ3) is 3.13. The molecule has 1 aromatic heterocycles. The Morgan fingerprint density at radius 1 is 1.14 bits per heavy atom. The molecule has 2 rings (SSSR count). The second-order valence-corrected chi connectivity index (χ2v) is 5.85. The average molecular weight is 304 g/mol. The van der Waals surface area contributed by atoms with E-state index in [0.717, 1.165) is 5.82 Å². The number of carboxylic acid groups (broad SMARTS) is 1. The van der Waals surface area contributed by atoms with Crippen LogP contribution in [0.4, 0.5) is 10.2 Å². The first-order valence-electron chi connectivity index (χ1n) is 7.31. The zero-order valence-corrected chi connectivity index (χ0v) is 13.2. The van der Waals surface area contributed by atoms with Gasteiger partial charge in [-0.25, -0.2) is 9.18 Å². The maximum Gasteiger partial charge on any atom is 0.353 e. The molecule has 1 aromatic carbocycles. The molecule has 0 bridgehead atoms. The molecule has 0 atom stereocenters. The summed E-state index contributed by atoms with van der Waals surface area (Å²) in [5, 5.41) is 9.43. The van der Waals surface area contributed by atoms with Gasteiger partial charge in [-0.1, -0.05) is 12.1 Å². The molecule has 1 heterocycles. The van der Waals surface area contributed by atoms with Crippen molar-refractivity contribution in [2.75, 3.05) is 4.90 Å². The molecule has 0 radical (unpaired) electrons. The van der Waals surface area contributed by atoms with Gasteiger partial charge in [0, 0.05) is 17.6 Å². The minimum absolute atomic E-state index is 0.118. The summed E-state index contributed by atoms with van der Waals surface area (Å²) in [6.07, 6.45) is 0. The van der Waals surface area contributed by atoms with E-state index in [4.69, 9.17) is 0 Å². The SMILES string of the molecule is CC(C)N(c1cc(-c2ccc(F)cc2)c(C(=O)O)[nH]1)C(C)C. The lowest BCUT2D eigenvalue weighted by molar-refractivity contribution is 0.0692. The Hall–Kier alpha value is -2.30. The number of aromatic carboxylic acids is 1. The van der Waals surface area contributed by atoms with Gasteiger partial charge in [-0.05, 0) is 51.5 Å². The Morgan fingerprint density at radius 3 is 2.14 bits per heavy atom. The number of aromatic nitrogens is 1. The molecule has 0 unspecified atom stereocenters. The third-order valence-corrected chi connectivity index (χ3v) is 3.56. The number of nitrogens with one attached hydrogen (secondary N) is 1. The molecule has 0 aliphatic heterocycles. The van der Waals surface area contributed by atoms with Crippen molar-refractivity contribution in [2.24, 2.45) is 0 Å². The van der Waals surface area contributed by atoms with Crippen molar-refractivity contribution in [3.05, 3.63) is 41.8 Å². The zero-order chi connectivity index (χ0) is 16.4. The maximum atomic E-state index is 13.1. The minimum atomic E-state index is -1.03. The Labute approximate surface area is 129 Å². The average Bonchev–Trinajstić information content (AvgIpc) is 2.83. The zero-order valence-electron chi connectivity index (χ0n) is 13.2. The number of hydrogen-bond acceptors (Lipinski definition) is 2. The number of rotatable bonds is 5. The van der Waals surface area contributed by atoms with Crippen LogP contribution in [-0.4, -0.2) is 28.1 Å². The van der Waals surface area contributed by atoms with Crippen LogP contribution in [0.1, 0.15) is 38.2 Å². The van der Waals surface area contributed by atoms with Crippen LogP contribution in [0.2, 0.25) is 0 Å². The summed E-state index contributed by atoms with van der Waals surface area (Å²) in [4.78, 5) is 16.6. The number of carbonyl (C=O) groups is 1. The van der Waals surface area contributed by atoms with Crippen molar-refractivity contribution in [3.63, 3.8) is 0 Å². The highest BCUT2D eigenvalue weighted by molar-refractivity contribution is 5.95. The van der Waals surface area contributed by atoms with Crippen molar-refractivity contribution in [1.82, 2.24) is 4.98 Å². The largest absolute Gasteiger partial charge is 0.477 e. The normalized spacial score (nSPS) is 11.2. The fourth-order valence-corrected chi connectivity index (χ4v) is 2.76. The summed E-state index contributed by atoms with van der Waals surface area (Å²) in [5.74, 6) is -0.623. The molecule has 0 amide bonds. The van der Waals surface area contributed by atoms with E-state index >= 15 is 0 Å². The Balaban J connectivity index is 2.54. The quantitative estimate of drug-likeness (QED) is 0.872. The van der Waals surface area contributed by atoms with Crippen LogP contribution >= 0.6 is 0 Å². The summed E-state index contributed by atoms with van der Waals surface area (Å²) in [6.45, 7) is 8.22. The van der Waals surface area contributed by atoms with E-state index in [0.29, 0.717) is 11.1 Å². The molecule has 22 heavy (non-hydrogen) atoms. The van der Waals surface area contributed by atoms with Crippen LogP contribution in [0.3, 0.4) is 0 Å². The molecular weight excluding hydrogens is 283 g/mol. The number of aromatic amines is 1. The maximum absolute atomic E-state index is 13.1. The topological polar surface area (TPSA) is 56.3 Å². The minimum Gasteiger partial charge on any atom is -0.477 e. The Morgan fingerprint density at radius 2 is 1.68 bits per heavy atom. The summed E-state index contributed by atoms with van der Waals surface area (Å²) >= 11 is 0. The predicted octanol–water partition coefficient (Wildman–Crippen LogP) is 4.14. The summed E-state index contributed by atoms with van der Waals surface area (Å²) in [5.41, 5.74) is 1.36. The number of anilines is 1. The van der Waals surface area contributed by atoms with Crippen molar-refractivity contribution >= 4 is 11.8 Å². The number of carboxylic acids is 1. The van der Waals surface area contributed by atoms with Crippen molar-refractivity contribution in [1.29, 1.82) is 0 Å². The fraction of sp³-hybridized carbons (Fsp3) is 0.353. The number of hydrogen-bond donors (Lipinski definition) is 2. The molecule has 4 nitrogen and oxygen atoms in total.